The van der Waals surface area contributed by atoms with Gasteiger partial charge in [-0.25, -0.2) is 0 Å². The van der Waals surface area contributed by atoms with E-state index in [2.05, 4.69) is 0 Å². The lowest BCUT2D eigenvalue weighted by Gasteiger charge is -2.36. The van der Waals surface area contributed by atoms with E-state index in [0.29, 0.717) is 60.6 Å². The number of pyridine rings is 1. The standard InChI is InChI=1S/C23H27N5O4S/c1-24(2)10-6-11-27-18-8-4-3-7-17(18)20(21(23(27)30)28(31)32)25-12-14-26(15-13-25)22(29)19-9-5-16-33-19/h3-5,7-9,16H,6,10-15H2,1-2H3. The van der Waals surface area contributed by atoms with E-state index in [9.17, 15) is 19.7 Å². The number of hydrogen-bond acceptors (Lipinski definition) is 7. The number of carbonyl (C=O) groups excluding carboxylic acids is 1. The van der Waals surface area contributed by atoms with Gasteiger partial charge in [0.15, 0.2) is 0 Å². The number of amides is 1. The van der Waals surface area contributed by atoms with E-state index in [1.54, 1.807) is 11.0 Å². The first-order chi connectivity index (χ1) is 15.9. The first-order valence-corrected chi connectivity index (χ1v) is 11.8. The smallest absolute Gasteiger partial charge is 0.357 e. The number of carbonyl (C=O) groups is 1. The van der Waals surface area contributed by atoms with Gasteiger partial charge in [0.05, 0.1) is 15.3 Å². The molecule has 0 aliphatic carbocycles. The van der Waals surface area contributed by atoms with Crippen LogP contribution in [0.1, 0.15) is 16.1 Å². The molecule has 0 N–H and O–H groups in total. The van der Waals surface area contributed by atoms with Gasteiger partial charge < -0.3 is 19.3 Å². The van der Waals surface area contributed by atoms with E-state index in [-0.39, 0.29) is 5.91 Å². The molecule has 0 radical (unpaired) electrons. The van der Waals surface area contributed by atoms with Crippen molar-refractivity contribution < 1.29 is 9.72 Å². The highest BCUT2D eigenvalue weighted by Gasteiger charge is 2.32. The Morgan fingerprint density at radius 2 is 1.85 bits per heavy atom. The summed E-state index contributed by atoms with van der Waals surface area (Å²) in [7, 11) is 3.91. The Morgan fingerprint density at radius 1 is 1.12 bits per heavy atom. The van der Waals surface area contributed by atoms with Gasteiger partial charge in [-0.15, -0.1) is 11.3 Å². The molecule has 0 spiro atoms. The Labute approximate surface area is 195 Å². The zero-order valence-electron chi connectivity index (χ0n) is 18.8. The summed E-state index contributed by atoms with van der Waals surface area (Å²) in [6.07, 6.45) is 0.705. The Morgan fingerprint density at radius 3 is 2.48 bits per heavy atom. The van der Waals surface area contributed by atoms with Crippen molar-refractivity contribution in [3.05, 3.63) is 67.1 Å². The van der Waals surface area contributed by atoms with Crippen molar-refractivity contribution in [1.29, 1.82) is 0 Å². The molecule has 0 atom stereocenters. The highest BCUT2D eigenvalue weighted by atomic mass is 32.1. The number of nitrogens with zero attached hydrogens (tertiary/aromatic N) is 5. The second-order valence-electron chi connectivity index (χ2n) is 8.34. The summed E-state index contributed by atoms with van der Waals surface area (Å²) >= 11 is 1.40. The van der Waals surface area contributed by atoms with Crippen LogP contribution in [0.15, 0.2) is 46.6 Å². The van der Waals surface area contributed by atoms with Crippen LogP contribution in [-0.2, 0) is 6.54 Å². The van der Waals surface area contributed by atoms with Gasteiger partial charge in [0.2, 0.25) is 0 Å². The van der Waals surface area contributed by atoms with Crippen molar-refractivity contribution in [3.8, 4) is 0 Å². The largest absolute Gasteiger partial charge is 0.362 e. The van der Waals surface area contributed by atoms with Crippen molar-refractivity contribution in [2.45, 2.75) is 13.0 Å². The highest BCUT2D eigenvalue weighted by molar-refractivity contribution is 7.12. The number of aromatic nitrogens is 1. The zero-order chi connectivity index (χ0) is 23.5. The number of rotatable bonds is 7. The Hall–Kier alpha value is -3.24. The van der Waals surface area contributed by atoms with Crippen LogP contribution >= 0.6 is 11.3 Å². The normalized spacial score (nSPS) is 14.3. The first kappa shape index (κ1) is 22.9. The van der Waals surface area contributed by atoms with E-state index >= 15 is 0 Å². The number of aryl methyl sites for hydroxylation is 1. The number of nitro groups is 1. The lowest BCUT2D eigenvalue weighted by atomic mass is 10.1. The van der Waals surface area contributed by atoms with Crippen LogP contribution in [0.3, 0.4) is 0 Å². The number of anilines is 1. The van der Waals surface area contributed by atoms with Gasteiger partial charge >= 0.3 is 11.2 Å². The summed E-state index contributed by atoms with van der Waals surface area (Å²) in [6, 6.07) is 11.0. The molecule has 1 amide bonds. The zero-order valence-corrected chi connectivity index (χ0v) is 19.6. The van der Waals surface area contributed by atoms with E-state index < -0.39 is 16.2 Å². The number of benzene rings is 1. The van der Waals surface area contributed by atoms with Crippen molar-refractivity contribution >= 4 is 39.5 Å². The summed E-state index contributed by atoms with van der Waals surface area (Å²) in [5, 5.41) is 14.6. The minimum Gasteiger partial charge on any atom is -0.362 e. The maximum absolute atomic E-state index is 13.3. The summed E-state index contributed by atoms with van der Waals surface area (Å²) in [5.41, 5.74) is 0.0766. The van der Waals surface area contributed by atoms with Crippen LogP contribution in [0.4, 0.5) is 11.4 Å². The predicted molar refractivity (Wildman–Crippen MR) is 130 cm³/mol. The lowest BCUT2D eigenvalue weighted by Crippen LogP contribution is -2.49. The number of para-hydroxylation sites is 1. The van der Waals surface area contributed by atoms with Gasteiger partial charge in [-0.05, 0) is 44.6 Å². The average Bonchev–Trinajstić information content (AvgIpc) is 3.34. The van der Waals surface area contributed by atoms with Crippen molar-refractivity contribution in [3.63, 3.8) is 0 Å². The number of hydrogen-bond donors (Lipinski definition) is 0. The van der Waals surface area contributed by atoms with Crippen molar-refractivity contribution in [1.82, 2.24) is 14.4 Å². The number of piperazine rings is 1. The highest BCUT2D eigenvalue weighted by Crippen LogP contribution is 2.34. The maximum Gasteiger partial charge on any atom is 0.357 e. The van der Waals surface area contributed by atoms with Crippen LogP contribution in [0, 0.1) is 10.1 Å². The third-order valence-electron chi connectivity index (χ3n) is 5.91. The monoisotopic (exact) mass is 469 g/mol. The van der Waals surface area contributed by atoms with Crippen molar-refractivity contribution in [2.75, 3.05) is 51.7 Å². The SMILES string of the molecule is CN(C)CCCn1c(=O)c([N+](=O)[O-])c(N2CCN(C(=O)c3cccs3)CC2)c2ccccc21. The fraction of sp³-hybridized carbons (Fsp3) is 0.391. The van der Waals surface area contributed by atoms with Crippen LogP contribution < -0.4 is 10.5 Å². The Balaban J connectivity index is 1.69. The molecule has 0 saturated carbocycles. The lowest BCUT2D eigenvalue weighted by molar-refractivity contribution is -0.385. The molecule has 1 aromatic carbocycles. The number of fused-ring (bicyclic) bond motifs is 1. The molecular weight excluding hydrogens is 442 g/mol. The Bertz CT molecular complexity index is 1210. The molecule has 174 valence electrons. The molecule has 3 aromatic rings. The van der Waals surface area contributed by atoms with Crippen LogP contribution in [0.5, 0.6) is 0 Å². The molecular formula is C23H27N5O4S. The van der Waals surface area contributed by atoms with Crippen LogP contribution in [-0.4, -0.2) is 72.0 Å². The fourth-order valence-electron chi connectivity index (χ4n) is 4.32. The Kier molecular flexibility index (Phi) is 6.75. The molecule has 1 aliphatic rings. The number of thiophene rings is 1. The second kappa shape index (κ2) is 9.72. The molecule has 3 heterocycles. The van der Waals surface area contributed by atoms with Gasteiger partial charge in [0.25, 0.3) is 5.91 Å². The predicted octanol–water partition coefficient (Wildman–Crippen LogP) is 2.89. The van der Waals surface area contributed by atoms with Gasteiger partial charge in [-0.1, -0.05) is 24.3 Å². The van der Waals surface area contributed by atoms with E-state index in [1.807, 2.05) is 59.6 Å². The molecule has 2 aromatic heterocycles. The third-order valence-corrected chi connectivity index (χ3v) is 6.76. The molecule has 0 bridgehead atoms. The second-order valence-corrected chi connectivity index (χ2v) is 9.29. The summed E-state index contributed by atoms with van der Waals surface area (Å²) in [6.45, 7) is 2.90. The maximum atomic E-state index is 13.3. The van der Waals surface area contributed by atoms with Crippen LogP contribution in [0.2, 0.25) is 0 Å². The summed E-state index contributed by atoms with van der Waals surface area (Å²) in [5.74, 6) is -0.0275. The van der Waals surface area contributed by atoms with Crippen LogP contribution in [0.25, 0.3) is 10.9 Å². The molecule has 1 aliphatic heterocycles. The minimum absolute atomic E-state index is 0.0275. The molecule has 10 heteroatoms. The molecule has 0 unspecified atom stereocenters. The van der Waals surface area contributed by atoms with Crippen molar-refractivity contribution in [2.24, 2.45) is 0 Å². The summed E-state index contributed by atoms with van der Waals surface area (Å²) < 4.78 is 1.52. The molecule has 1 saturated heterocycles. The molecule has 9 nitrogen and oxygen atoms in total. The van der Waals surface area contributed by atoms with Gasteiger partial charge in [0, 0.05) is 38.1 Å². The third kappa shape index (κ3) is 4.62. The first-order valence-electron chi connectivity index (χ1n) is 10.9. The fourth-order valence-corrected chi connectivity index (χ4v) is 5.01. The molecule has 1 fully saturated rings. The quantitative estimate of drug-likeness (QED) is 0.390. The molecule has 4 rings (SSSR count). The average molecular weight is 470 g/mol. The minimum atomic E-state index is -0.579. The van der Waals surface area contributed by atoms with E-state index in [0.717, 1.165) is 6.54 Å². The van der Waals surface area contributed by atoms with E-state index in [1.165, 1.54) is 15.9 Å². The van der Waals surface area contributed by atoms with Gasteiger partial charge in [-0.2, -0.15) is 0 Å². The van der Waals surface area contributed by atoms with E-state index in [4.69, 9.17) is 0 Å². The molecule has 33 heavy (non-hydrogen) atoms. The summed E-state index contributed by atoms with van der Waals surface area (Å²) in [4.78, 5) is 43.9. The van der Waals surface area contributed by atoms with Gasteiger partial charge in [-0.3, -0.25) is 19.7 Å². The topological polar surface area (TPSA) is 91.9 Å². The van der Waals surface area contributed by atoms with Gasteiger partial charge in [0.1, 0.15) is 5.69 Å².